The van der Waals surface area contributed by atoms with Gasteiger partial charge < -0.3 is 14.5 Å². The smallest absolute Gasteiger partial charge is 0.124 e. The average molecular weight is 328 g/mol. The Morgan fingerprint density at radius 2 is 2.00 bits per heavy atom. The van der Waals surface area contributed by atoms with Gasteiger partial charge in [-0.2, -0.15) is 0 Å². The first-order valence-electron chi connectivity index (χ1n) is 9.22. The van der Waals surface area contributed by atoms with Gasteiger partial charge >= 0.3 is 0 Å². The molecule has 0 radical (unpaired) electrons. The van der Waals surface area contributed by atoms with Crippen molar-refractivity contribution in [2.75, 3.05) is 13.7 Å². The first kappa shape index (κ1) is 16.0. The monoisotopic (exact) mass is 328 g/mol. The highest BCUT2D eigenvalue weighted by Crippen LogP contribution is 2.40. The number of ether oxygens (including phenoxy) is 2. The van der Waals surface area contributed by atoms with Crippen molar-refractivity contribution in [3.63, 3.8) is 0 Å². The number of aryl methyl sites for hydroxylation is 1. The summed E-state index contributed by atoms with van der Waals surface area (Å²) in [5.74, 6) is 1.02. The third kappa shape index (κ3) is 2.62. The van der Waals surface area contributed by atoms with Gasteiger partial charge in [0.2, 0.25) is 0 Å². The minimum atomic E-state index is 0.455. The lowest BCUT2D eigenvalue weighted by Crippen LogP contribution is -2.44. The Labute approximate surface area is 144 Å². The first-order chi connectivity index (χ1) is 11.7. The van der Waals surface area contributed by atoms with Crippen molar-refractivity contribution in [2.24, 2.45) is 0 Å². The molecule has 130 valence electrons. The van der Waals surface area contributed by atoms with Crippen molar-refractivity contribution >= 4 is 10.9 Å². The lowest BCUT2D eigenvalue weighted by Gasteiger charge is -2.39. The summed E-state index contributed by atoms with van der Waals surface area (Å²) in [6.07, 6.45) is 7.45. The van der Waals surface area contributed by atoms with E-state index in [2.05, 4.69) is 35.9 Å². The fraction of sp³-hybridized carbons (Fsp3) is 0.600. The van der Waals surface area contributed by atoms with Crippen LogP contribution < -0.4 is 4.74 Å². The standard InChI is InChI=1S/C20H28N2O2/c1-4-24-16-10-14-5-6-15(11-16)22(14)12-18-17-7-8-21-20(17)13(2)9-19(18)23-3/h7-9,14-16,21H,4-6,10-12H2,1-3H3. The summed E-state index contributed by atoms with van der Waals surface area (Å²) >= 11 is 0. The fourth-order valence-corrected chi connectivity index (χ4v) is 4.82. The van der Waals surface area contributed by atoms with Gasteiger partial charge in [-0.1, -0.05) is 0 Å². The third-order valence-corrected chi connectivity index (χ3v) is 5.92. The second-order valence-electron chi connectivity index (χ2n) is 7.25. The predicted octanol–water partition coefficient (Wildman–Crippen LogP) is 4.02. The summed E-state index contributed by atoms with van der Waals surface area (Å²) < 4.78 is 11.7. The second kappa shape index (κ2) is 6.41. The average Bonchev–Trinajstić information content (AvgIpc) is 3.14. The molecule has 3 heterocycles. The molecule has 1 aromatic heterocycles. The molecular weight excluding hydrogens is 300 g/mol. The zero-order valence-electron chi connectivity index (χ0n) is 15.0. The highest BCUT2D eigenvalue weighted by molar-refractivity contribution is 5.88. The van der Waals surface area contributed by atoms with Crippen LogP contribution in [0.3, 0.4) is 0 Å². The maximum absolute atomic E-state index is 5.92. The molecule has 1 aromatic carbocycles. The molecule has 4 nitrogen and oxygen atoms in total. The Morgan fingerprint density at radius 1 is 1.25 bits per heavy atom. The summed E-state index contributed by atoms with van der Waals surface area (Å²) in [7, 11) is 1.78. The zero-order valence-corrected chi connectivity index (χ0v) is 15.0. The van der Waals surface area contributed by atoms with Crippen LogP contribution in [0.25, 0.3) is 10.9 Å². The van der Waals surface area contributed by atoms with E-state index in [1.54, 1.807) is 7.11 Å². The maximum Gasteiger partial charge on any atom is 0.124 e. The van der Waals surface area contributed by atoms with Gasteiger partial charge in [0.1, 0.15) is 5.75 Å². The number of methoxy groups -OCH3 is 1. The highest BCUT2D eigenvalue weighted by atomic mass is 16.5. The van der Waals surface area contributed by atoms with Crippen LogP contribution in [0, 0.1) is 6.92 Å². The molecule has 2 aliphatic rings. The van der Waals surface area contributed by atoms with Crippen molar-refractivity contribution in [1.29, 1.82) is 0 Å². The SMILES string of the molecule is CCOC1CC2CCC(C1)N2Cc1c(OC)cc(C)c2[nH]ccc12. The van der Waals surface area contributed by atoms with Crippen LogP contribution in [0.4, 0.5) is 0 Å². The van der Waals surface area contributed by atoms with E-state index < -0.39 is 0 Å². The first-order valence-corrected chi connectivity index (χ1v) is 9.22. The summed E-state index contributed by atoms with van der Waals surface area (Å²) in [6.45, 7) is 6.06. The summed E-state index contributed by atoms with van der Waals surface area (Å²) in [6, 6.07) is 5.67. The van der Waals surface area contributed by atoms with E-state index in [0.29, 0.717) is 18.2 Å². The van der Waals surface area contributed by atoms with Crippen LogP contribution in [0.15, 0.2) is 18.3 Å². The zero-order chi connectivity index (χ0) is 16.7. The Hall–Kier alpha value is -1.52. The lowest BCUT2D eigenvalue weighted by molar-refractivity contribution is -0.0174. The topological polar surface area (TPSA) is 37.5 Å². The molecule has 0 aliphatic carbocycles. The van der Waals surface area contributed by atoms with Crippen LogP contribution in [0.2, 0.25) is 0 Å². The van der Waals surface area contributed by atoms with Crippen LogP contribution in [-0.2, 0) is 11.3 Å². The minimum absolute atomic E-state index is 0.455. The van der Waals surface area contributed by atoms with E-state index in [0.717, 1.165) is 18.9 Å². The number of nitrogens with one attached hydrogen (secondary N) is 1. The van der Waals surface area contributed by atoms with Crippen molar-refractivity contribution in [1.82, 2.24) is 9.88 Å². The Bertz CT molecular complexity index is 710. The molecule has 0 amide bonds. The molecule has 2 atom stereocenters. The second-order valence-corrected chi connectivity index (χ2v) is 7.25. The molecule has 2 saturated heterocycles. The van der Waals surface area contributed by atoms with Gasteiger partial charge in [-0.15, -0.1) is 0 Å². The Morgan fingerprint density at radius 3 is 2.67 bits per heavy atom. The number of aromatic nitrogens is 1. The van der Waals surface area contributed by atoms with Gasteiger partial charge in [0, 0.05) is 47.9 Å². The van der Waals surface area contributed by atoms with Crippen molar-refractivity contribution in [3.05, 3.63) is 29.5 Å². The number of hydrogen-bond donors (Lipinski definition) is 1. The van der Waals surface area contributed by atoms with E-state index >= 15 is 0 Å². The molecule has 4 heteroatoms. The van der Waals surface area contributed by atoms with Crippen LogP contribution in [-0.4, -0.2) is 41.8 Å². The Kier molecular flexibility index (Phi) is 4.27. The van der Waals surface area contributed by atoms with E-state index in [9.17, 15) is 0 Å². The molecular formula is C20H28N2O2. The van der Waals surface area contributed by atoms with E-state index in [4.69, 9.17) is 9.47 Å². The molecule has 0 spiro atoms. The lowest BCUT2D eigenvalue weighted by atomic mass is 9.97. The van der Waals surface area contributed by atoms with Gasteiger partial charge in [0.25, 0.3) is 0 Å². The van der Waals surface area contributed by atoms with Gasteiger partial charge in [-0.05, 0) is 57.2 Å². The third-order valence-electron chi connectivity index (χ3n) is 5.92. The number of hydrogen-bond acceptors (Lipinski definition) is 3. The molecule has 4 rings (SSSR count). The van der Waals surface area contributed by atoms with Gasteiger partial charge in [0.15, 0.2) is 0 Å². The van der Waals surface area contributed by atoms with Crippen LogP contribution >= 0.6 is 0 Å². The molecule has 2 unspecified atom stereocenters. The molecule has 1 N–H and O–H groups in total. The molecule has 2 aromatic rings. The van der Waals surface area contributed by atoms with Gasteiger partial charge in [0.05, 0.1) is 13.2 Å². The molecule has 2 bridgehead atoms. The van der Waals surface area contributed by atoms with E-state index in [-0.39, 0.29) is 0 Å². The van der Waals surface area contributed by atoms with Crippen molar-refractivity contribution in [3.8, 4) is 5.75 Å². The molecule has 0 saturated carbocycles. The normalized spacial score (nSPS) is 27.0. The number of fused-ring (bicyclic) bond motifs is 3. The van der Waals surface area contributed by atoms with Crippen molar-refractivity contribution < 1.29 is 9.47 Å². The number of aromatic amines is 1. The van der Waals surface area contributed by atoms with Crippen LogP contribution in [0.1, 0.15) is 43.7 Å². The number of benzene rings is 1. The summed E-state index contributed by atoms with van der Waals surface area (Å²) in [5.41, 5.74) is 3.81. The van der Waals surface area contributed by atoms with Gasteiger partial charge in [-0.25, -0.2) is 0 Å². The van der Waals surface area contributed by atoms with Gasteiger partial charge in [-0.3, -0.25) is 4.90 Å². The maximum atomic E-state index is 5.92. The number of nitrogens with zero attached hydrogens (tertiary/aromatic N) is 1. The fourth-order valence-electron chi connectivity index (χ4n) is 4.82. The van der Waals surface area contributed by atoms with E-state index in [1.807, 2.05) is 6.20 Å². The Balaban J connectivity index is 1.63. The molecule has 2 fully saturated rings. The number of rotatable bonds is 5. The quantitative estimate of drug-likeness (QED) is 0.901. The molecule has 24 heavy (non-hydrogen) atoms. The number of H-pyrrole nitrogens is 1. The summed E-state index contributed by atoms with van der Waals surface area (Å²) in [5, 5.41) is 1.30. The van der Waals surface area contributed by atoms with Crippen molar-refractivity contribution in [2.45, 2.75) is 64.3 Å². The minimum Gasteiger partial charge on any atom is -0.496 e. The number of piperidine rings is 1. The van der Waals surface area contributed by atoms with E-state index in [1.165, 1.54) is 47.7 Å². The predicted molar refractivity (Wildman–Crippen MR) is 96.6 cm³/mol. The largest absolute Gasteiger partial charge is 0.496 e. The highest BCUT2D eigenvalue weighted by Gasteiger charge is 2.41. The van der Waals surface area contributed by atoms with Crippen LogP contribution in [0.5, 0.6) is 5.75 Å². The summed E-state index contributed by atoms with van der Waals surface area (Å²) in [4.78, 5) is 6.09. The molecule has 2 aliphatic heterocycles.